The van der Waals surface area contributed by atoms with Crippen molar-refractivity contribution in [3.05, 3.63) is 89.2 Å². The Labute approximate surface area is 164 Å². The zero-order chi connectivity index (χ0) is 21.0. The summed E-state index contributed by atoms with van der Waals surface area (Å²) in [6.07, 6.45) is -5.25. The molecule has 0 aromatic heterocycles. The Morgan fingerprint density at radius 1 is 0.966 bits per heavy atom. The standard InChI is InChI=1S/C22H16F4O3/c23-21-17(7-4-8-18(21)22(24,25)26)15-9-10-19(16(11-15)12-20(27)28)29-13-14-5-2-1-3-6-14/h1-11H,12-13H2,(H,27,28). The van der Waals surface area contributed by atoms with E-state index in [1.165, 1.54) is 24.3 Å². The van der Waals surface area contributed by atoms with Crippen molar-refractivity contribution in [2.24, 2.45) is 0 Å². The Hall–Kier alpha value is -3.35. The van der Waals surface area contributed by atoms with Crippen LogP contribution in [0.1, 0.15) is 16.7 Å². The molecule has 0 unspecified atom stereocenters. The Morgan fingerprint density at radius 3 is 2.34 bits per heavy atom. The molecule has 3 aromatic carbocycles. The fraction of sp³-hybridized carbons (Fsp3) is 0.136. The molecule has 0 atom stereocenters. The molecule has 0 spiro atoms. The van der Waals surface area contributed by atoms with E-state index in [-0.39, 0.29) is 29.0 Å². The molecule has 0 amide bonds. The predicted octanol–water partition coefficient (Wildman–Crippen LogP) is 5.72. The molecule has 3 nitrogen and oxygen atoms in total. The van der Waals surface area contributed by atoms with Gasteiger partial charge in [-0.25, -0.2) is 4.39 Å². The van der Waals surface area contributed by atoms with Crippen molar-refractivity contribution in [1.29, 1.82) is 0 Å². The van der Waals surface area contributed by atoms with Crippen LogP contribution in [0.25, 0.3) is 11.1 Å². The number of halogens is 4. The number of hydrogen-bond acceptors (Lipinski definition) is 2. The molecule has 0 saturated heterocycles. The van der Waals surface area contributed by atoms with Crippen LogP contribution in [-0.2, 0) is 24.0 Å². The van der Waals surface area contributed by atoms with Gasteiger partial charge in [0, 0.05) is 11.1 Å². The van der Waals surface area contributed by atoms with Crippen LogP contribution in [0.15, 0.2) is 66.7 Å². The van der Waals surface area contributed by atoms with Gasteiger partial charge in [0.25, 0.3) is 0 Å². The summed E-state index contributed by atoms with van der Waals surface area (Å²) in [6.45, 7) is 0.185. The molecule has 0 heterocycles. The lowest BCUT2D eigenvalue weighted by Crippen LogP contribution is -2.09. The summed E-state index contributed by atoms with van der Waals surface area (Å²) < 4.78 is 59.1. The third kappa shape index (κ3) is 4.93. The van der Waals surface area contributed by atoms with E-state index in [1.807, 2.05) is 30.3 Å². The largest absolute Gasteiger partial charge is 0.489 e. The first kappa shape index (κ1) is 20.4. The number of ether oxygens (including phenoxy) is 1. The normalized spacial score (nSPS) is 11.3. The molecule has 29 heavy (non-hydrogen) atoms. The molecule has 0 fully saturated rings. The number of benzene rings is 3. The summed E-state index contributed by atoms with van der Waals surface area (Å²) in [5.74, 6) is -2.28. The summed E-state index contributed by atoms with van der Waals surface area (Å²) in [6, 6.07) is 16.4. The number of carbonyl (C=O) groups is 1. The van der Waals surface area contributed by atoms with Crippen molar-refractivity contribution in [3.8, 4) is 16.9 Å². The molecular formula is C22H16F4O3. The Kier molecular flexibility index (Phi) is 5.87. The van der Waals surface area contributed by atoms with Gasteiger partial charge in [-0.15, -0.1) is 0 Å². The van der Waals surface area contributed by atoms with Crippen LogP contribution in [-0.4, -0.2) is 11.1 Å². The molecular weight excluding hydrogens is 388 g/mol. The van der Waals surface area contributed by atoms with Crippen molar-refractivity contribution >= 4 is 5.97 Å². The Bertz CT molecular complexity index is 1010. The van der Waals surface area contributed by atoms with Crippen LogP contribution in [0.5, 0.6) is 5.75 Å². The van der Waals surface area contributed by atoms with Gasteiger partial charge in [0.1, 0.15) is 18.2 Å². The quantitative estimate of drug-likeness (QED) is 0.535. The summed E-state index contributed by atoms with van der Waals surface area (Å²) >= 11 is 0. The minimum absolute atomic E-state index is 0.136. The second kappa shape index (κ2) is 8.34. The molecule has 0 saturated carbocycles. The van der Waals surface area contributed by atoms with Gasteiger partial charge < -0.3 is 9.84 Å². The molecule has 1 N–H and O–H groups in total. The summed E-state index contributed by atoms with van der Waals surface area (Å²) in [7, 11) is 0. The van der Waals surface area contributed by atoms with E-state index in [0.717, 1.165) is 11.6 Å². The highest BCUT2D eigenvalue weighted by Gasteiger charge is 2.35. The number of rotatable bonds is 6. The summed E-state index contributed by atoms with van der Waals surface area (Å²) in [5, 5.41) is 9.17. The van der Waals surface area contributed by atoms with Crippen LogP contribution in [0.3, 0.4) is 0 Å². The third-order valence-electron chi connectivity index (χ3n) is 4.25. The number of alkyl halides is 3. The average molecular weight is 404 g/mol. The van der Waals surface area contributed by atoms with Crippen LogP contribution < -0.4 is 4.74 Å². The zero-order valence-corrected chi connectivity index (χ0v) is 15.0. The molecule has 0 aliphatic carbocycles. The van der Waals surface area contributed by atoms with Crippen LogP contribution in [0.2, 0.25) is 0 Å². The second-order valence-electron chi connectivity index (χ2n) is 6.33. The van der Waals surface area contributed by atoms with Gasteiger partial charge in [-0.2, -0.15) is 13.2 Å². The lowest BCUT2D eigenvalue weighted by atomic mass is 9.98. The van der Waals surface area contributed by atoms with Gasteiger partial charge in [0.15, 0.2) is 0 Å². The van der Waals surface area contributed by atoms with E-state index in [9.17, 15) is 22.4 Å². The van der Waals surface area contributed by atoms with E-state index in [1.54, 1.807) is 0 Å². The average Bonchev–Trinajstić information content (AvgIpc) is 2.66. The van der Waals surface area contributed by atoms with Crippen molar-refractivity contribution in [3.63, 3.8) is 0 Å². The lowest BCUT2D eigenvalue weighted by molar-refractivity contribution is -0.140. The highest BCUT2D eigenvalue weighted by atomic mass is 19.4. The van der Waals surface area contributed by atoms with Crippen LogP contribution in [0, 0.1) is 5.82 Å². The van der Waals surface area contributed by atoms with E-state index in [4.69, 9.17) is 9.84 Å². The molecule has 0 aliphatic heterocycles. The molecule has 0 bridgehead atoms. The van der Waals surface area contributed by atoms with E-state index in [0.29, 0.717) is 6.07 Å². The van der Waals surface area contributed by atoms with Gasteiger partial charge in [-0.1, -0.05) is 48.5 Å². The molecule has 0 radical (unpaired) electrons. The molecule has 3 rings (SSSR count). The van der Waals surface area contributed by atoms with Crippen LogP contribution >= 0.6 is 0 Å². The fourth-order valence-electron chi connectivity index (χ4n) is 2.90. The molecule has 3 aromatic rings. The van der Waals surface area contributed by atoms with Crippen LogP contribution in [0.4, 0.5) is 17.6 Å². The number of carboxylic acids is 1. The highest BCUT2D eigenvalue weighted by Crippen LogP contribution is 2.36. The summed E-state index contributed by atoms with van der Waals surface area (Å²) in [4.78, 5) is 11.2. The SMILES string of the molecule is O=C(O)Cc1cc(-c2cccc(C(F)(F)F)c2F)ccc1OCc1ccccc1. The maximum absolute atomic E-state index is 14.5. The molecule has 0 aliphatic rings. The van der Waals surface area contributed by atoms with Gasteiger partial charge in [-0.05, 0) is 29.3 Å². The van der Waals surface area contributed by atoms with E-state index >= 15 is 0 Å². The minimum atomic E-state index is -4.83. The first-order valence-corrected chi connectivity index (χ1v) is 8.63. The first-order chi connectivity index (χ1) is 13.8. The van der Waals surface area contributed by atoms with Gasteiger partial charge in [0.05, 0.1) is 12.0 Å². The monoisotopic (exact) mass is 404 g/mol. The van der Waals surface area contributed by atoms with Crippen molar-refractivity contribution in [2.45, 2.75) is 19.2 Å². The number of aliphatic carboxylic acids is 1. The van der Waals surface area contributed by atoms with E-state index < -0.39 is 29.9 Å². The smallest absolute Gasteiger partial charge is 0.419 e. The third-order valence-corrected chi connectivity index (χ3v) is 4.25. The van der Waals surface area contributed by atoms with Gasteiger partial charge in [-0.3, -0.25) is 4.79 Å². The van der Waals surface area contributed by atoms with Crippen molar-refractivity contribution in [1.82, 2.24) is 0 Å². The number of carboxylic acid groups (broad SMARTS) is 1. The van der Waals surface area contributed by atoms with Crippen molar-refractivity contribution in [2.75, 3.05) is 0 Å². The minimum Gasteiger partial charge on any atom is -0.489 e. The highest BCUT2D eigenvalue weighted by molar-refractivity contribution is 5.74. The Morgan fingerprint density at radius 2 is 1.69 bits per heavy atom. The van der Waals surface area contributed by atoms with Gasteiger partial charge >= 0.3 is 12.1 Å². The maximum atomic E-state index is 14.5. The maximum Gasteiger partial charge on any atom is 0.419 e. The summed E-state index contributed by atoms with van der Waals surface area (Å²) in [5.41, 5.74) is -0.401. The molecule has 150 valence electrons. The number of hydrogen-bond donors (Lipinski definition) is 1. The fourth-order valence-corrected chi connectivity index (χ4v) is 2.90. The first-order valence-electron chi connectivity index (χ1n) is 8.63. The zero-order valence-electron chi connectivity index (χ0n) is 15.0. The van der Waals surface area contributed by atoms with Crippen molar-refractivity contribution < 1.29 is 32.2 Å². The topological polar surface area (TPSA) is 46.5 Å². The molecule has 7 heteroatoms. The second-order valence-corrected chi connectivity index (χ2v) is 6.33. The van der Waals surface area contributed by atoms with E-state index in [2.05, 4.69) is 0 Å². The predicted molar refractivity (Wildman–Crippen MR) is 99.0 cm³/mol. The lowest BCUT2D eigenvalue weighted by Gasteiger charge is -2.15. The van der Waals surface area contributed by atoms with Gasteiger partial charge in [0.2, 0.25) is 0 Å². The Balaban J connectivity index is 1.97.